The summed E-state index contributed by atoms with van der Waals surface area (Å²) in [5.41, 5.74) is 0. The molecule has 0 aromatic rings. The molecule has 88 valence electrons. The average Bonchev–Trinajstić information content (AvgIpc) is 2.64. The molecule has 2 aliphatic heterocycles. The van der Waals surface area contributed by atoms with Crippen molar-refractivity contribution in [2.24, 2.45) is 0 Å². The van der Waals surface area contributed by atoms with E-state index < -0.39 is 12.1 Å². The van der Waals surface area contributed by atoms with Crippen LogP contribution in [0.15, 0.2) is 0 Å². The van der Waals surface area contributed by atoms with Crippen molar-refractivity contribution in [1.29, 1.82) is 0 Å². The molecule has 0 radical (unpaired) electrons. The Morgan fingerprint density at radius 1 is 1.50 bits per heavy atom. The number of piperazine rings is 1. The van der Waals surface area contributed by atoms with Gasteiger partial charge >= 0.3 is 0 Å². The molecule has 0 bridgehead atoms. The van der Waals surface area contributed by atoms with E-state index in [1.54, 1.807) is 11.8 Å². The largest absolute Gasteiger partial charge is 0.342 e. The minimum atomic E-state index is -0.587. The highest BCUT2D eigenvalue weighted by Crippen LogP contribution is 2.28. The quantitative estimate of drug-likeness (QED) is 0.790. The molecule has 0 saturated carbocycles. The van der Waals surface area contributed by atoms with Crippen LogP contribution in [0, 0.1) is 0 Å². The van der Waals surface area contributed by atoms with Crippen molar-refractivity contribution >= 4 is 40.6 Å². The predicted octanol–water partition coefficient (Wildman–Crippen LogP) is 0.302. The molecule has 2 unspecified atom stereocenters. The molecule has 0 aliphatic carbocycles. The van der Waals surface area contributed by atoms with Crippen LogP contribution in [-0.4, -0.2) is 51.8 Å². The van der Waals surface area contributed by atoms with E-state index >= 15 is 0 Å². The van der Waals surface area contributed by atoms with Gasteiger partial charge in [0.15, 0.2) is 0 Å². The van der Waals surface area contributed by atoms with Crippen molar-refractivity contribution in [3.8, 4) is 0 Å². The van der Waals surface area contributed by atoms with E-state index in [-0.39, 0.29) is 17.1 Å². The maximum atomic E-state index is 11.9. The number of carbonyl (C=O) groups excluding carboxylic acids is 3. The van der Waals surface area contributed by atoms with Gasteiger partial charge in [0.25, 0.3) is 11.1 Å². The number of fused-ring (bicyclic) bond motifs is 1. The standard InChI is InChI=1S/C9H12N2O3S2/c1-15-3-2-5-8(13)11-6(7(12)10-5)4-16-9(11)14/h5-6H,2-4H2,1H3,(H,10,12). The first kappa shape index (κ1) is 11.8. The second-order valence-electron chi connectivity index (χ2n) is 3.64. The summed E-state index contributed by atoms with van der Waals surface area (Å²) in [5.74, 6) is 0.708. The summed E-state index contributed by atoms with van der Waals surface area (Å²) in [6, 6.07) is -1.12. The van der Waals surface area contributed by atoms with E-state index in [0.717, 1.165) is 22.4 Å². The van der Waals surface area contributed by atoms with Crippen LogP contribution in [0.25, 0.3) is 0 Å². The van der Waals surface area contributed by atoms with E-state index in [1.807, 2.05) is 6.26 Å². The maximum Gasteiger partial charge on any atom is 0.289 e. The van der Waals surface area contributed by atoms with Crippen molar-refractivity contribution in [2.45, 2.75) is 18.5 Å². The van der Waals surface area contributed by atoms with Crippen LogP contribution < -0.4 is 5.32 Å². The second kappa shape index (κ2) is 4.67. The Kier molecular flexibility index (Phi) is 3.44. The Balaban J connectivity index is 2.12. The summed E-state index contributed by atoms with van der Waals surface area (Å²) in [7, 11) is 0. The van der Waals surface area contributed by atoms with Crippen molar-refractivity contribution in [3.05, 3.63) is 0 Å². The van der Waals surface area contributed by atoms with Crippen LogP contribution in [-0.2, 0) is 9.59 Å². The van der Waals surface area contributed by atoms with E-state index in [4.69, 9.17) is 0 Å². The Hall–Kier alpha value is -0.690. The smallest absolute Gasteiger partial charge is 0.289 e. The molecule has 3 amide bonds. The summed E-state index contributed by atoms with van der Waals surface area (Å²) in [5, 5.41) is 2.39. The zero-order valence-corrected chi connectivity index (χ0v) is 10.4. The molecular formula is C9H12N2O3S2. The molecule has 0 aromatic carbocycles. The first-order valence-corrected chi connectivity index (χ1v) is 7.32. The first-order chi connectivity index (χ1) is 7.65. The van der Waals surface area contributed by atoms with Crippen molar-refractivity contribution < 1.29 is 14.4 Å². The molecule has 2 aliphatic rings. The van der Waals surface area contributed by atoms with Crippen LogP contribution in [0.3, 0.4) is 0 Å². The Bertz CT molecular complexity index is 348. The van der Waals surface area contributed by atoms with Gasteiger partial charge in [-0.1, -0.05) is 11.8 Å². The number of amides is 3. The number of nitrogens with zero attached hydrogens (tertiary/aromatic N) is 1. The lowest BCUT2D eigenvalue weighted by molar-refractivity contribution is -0.144. The van der Waals surface area contributed by atoms with E-state index in [2.05, 4.69) is 5.32 Å². The first-order valence-electron chi connectivity index (χ1n) is 4.94. The molecule has 2 saturated heterocycles. The molecule has 2 rings (SSSR count). The fourth-order valence-electron chi connectivity index (χ4n) is 1.79. The summed E-state index contributed by atoms with van der Waals surface area (Å²) in [6.45, 7) is 0. The predicted molar refractivity (Wildman–Crippen MR) is 63.4 cm³/mol. The fraction of sp³-hybridized carbons (Fsp3) is 0.667. The van der Waals surface area contributed by atoms with Crippen molar-refractivity contribution in [1.82, 2.24) is 10.2 Å². The Labute approximate surface area is 102 Å². The lowest BCUT2D eigenvalue weighted by Crippen LogP contribution is -2.62. The van der Waals surface area contributed by atoms with E-state index in [1.165, 1.54) is 0 Å². The van der Waals surface area contributed by atoms with Gasteiger partial charge < -0.3 is 5.32 Å². The fourth-order valence-corrected chi connectivity index (χ4v) is 3.22. The van der Waals surface area contributed by atoms with E-state index in [0.29, 0.717) is 12.2 Å². The van der Waals surface area contributed by atoms with Gasteiger partial charge in [-0.2, -0.15) is 11.8 Å². The zero-order chi connectivity index (χ0) is 11.7. The van der Waals surface area contributed by atoms with Gasteiger partial charge in [-0.25, -0.2) is 0 Å². The van der Waals surface area contributed by atoms with Crippen LogP contribution in [0.2, 0.25) is 0 Å². The Morgan fingerprint density at radius 2 is 2.25 bits per heavy atom. The minimum absolute atomic E-state index is 0.205. The molecule has 7 heteroatoms. The summed E-state index contributed by atoms with van der Waals surface area (Å²) >= 11 is 2.65. The third kappa shape index (κ3) is 1.93. The van der Waals surface area contributed by atoms with E-state index in [9.17, 15) is 14.4 Å². The van der Waals surface area contributed by atoms with Gasteiger partial charge in [0.05, 0.1) is 0 Å². The number of nitrogens with one attached hydrogen (secondary N) is 1. The highest BCUT2D eigenvalue weighted by molar-refractivity contribution is 8.14. The number of rotatable bonds is 3. The number of thioether (sulfide) groups is 2. The normalized spacial score (nSPS) is 29.3. The summed E-state index contributed by atoms with van der Waals surface area (Å²) in [6.07, 6.45) is 2.52. The third-order valence-corrected chi connectivity index (χ3v) is 4.21. The highest BCUT2D eigenvalue weighted by Gasteiger charge is 2.47. The molecule has 0 aromatic heterocycles. The van der Waals surface area contributed by atoms with Gasteiger partial charge in [-0.3, -0.25) is 19.3 Å². The Morgan fingerprint density at radius 3 is 2.94 bits per heavy atom. The summed E-state index contributed by atoms with van der Waals surface area (Å²) in [4.78, 5) is 36.2. The molecule has 2 heterocycles. The third-order valence-electron chi connectivity index (χ3n) is 2.64. The molecular weight excluding hydrogens is 248 g/mol. The van der Waals surface area contributed by atoms with Crippen molar-refractivity contribution in [3.63, 3.8) is 0 Å². The van der Waals surface area contributed by atoms with Crippen LogP contribution in [0.5, 0.6) is 0 Å². The maximum absolute atomic E-state index is 11.9. The van der Waals surface area contributed by atoms with Gasteiger partial charge in [0.2, 0.25) is 5.91 Å². The monoisotopic (exact) mass is 260 g/mol. The van der Waals surface area contributed by atoms with Gasteiger partial charge in [-0.15, -0.1) is 0 Å². The molecule has 5 nitrogen and oxygen atoms in total. The lowest BCUT2D eigenvalue weighted by atomic mass is 10.1. The highest BCUT2D eigenvalue weighted by atomic mass is 32.2. The number of carbonyl (C=O) groups is 3. The number of hydrogen-bond donors (Lipinski definition) is 1. The van der Waals surface area contributed by atoms with Gasteiger partial charge in [0.1, 0.15) is 12.1 Å². The number of hydrogen-bond acceptors (Lipinski definition) is 5. The van der Waals surface area contributed by atoms with Crippen LogP contribution >= 0.6 is 23.5 Å². The zero-order valence-electron chi connectivity index (χ0n) is 8.76. The average molecular weight is 260 g/mol. The van der Waals surface area contributed by atoms with Crippen LogP contribution in [0.1, 0.15) is 6.42 Å². The topological polar surface area (TPSA) is 66.5 Å². The summed E-state index contributed by atoms with van der Waals surface area (Å²) < 4.78 is 0. The minimum Gasteiger partial charge on any atom is -0.342 e. The van der Waals surface area contributed by atoms with Crippen LogP contribution in [0.4, 0.5) is 4.79 Å². The van der Waals surface area contributed by atoms with Gasteiger partial charge in [-0.05, 0) is 18.4 Å². The molecule has 2 fully saturated rings. The second-order valence-corrected chi connectivity index (χ2v) is 5.60. The number of imide groups is 1. The van der Waals surface area contributed by atoms with Crippen molar-refractivity contribution in [2.75, 3.05) is 17.8 Å². The lowest BCUT2D eigenvalue weighted by Gasteiger charge is -2.32. The SMILES string of the molecule is CSCCC1NC(=O)C2CSC(=O)N2C1=O. The molecule has 16 heavy (non-hydrogen) atoms. The molecule has 0 spiro atoms. The van der Waals surface area contributed by atoms with Gasteiger partial charge in [0, 0.05) is 5.75 Å². The molecule has 1 N–H and O–H groups in total. The molecule has 2 atom stereocenters.